The molecule has 0 bridgehead atoms. The first-order chi connectivity index (χ1) is 10.5. The van der Waals surface area contributed by atoms with Crippen molar-refractivity contribution in [3.8, 4) is 0 Å². The van der Waals surface area contributed by atoms with Crippen LogP contribution in [0.2, 0.25) is 0 Å². The highest BCUT2D eigenvalue weighted by atomic mass is 16.2. The van der Waals surface area contributed by atoms with E-state index < -0.39 is 0 Å². The van der Waals surface area contributed by atoms with Crippen LogP contribution >= 0.6 is 0 Å². The van der Waals surface area contributed by atoms with Gasteiger partial charge in [-0.2, -0.15) is 5.10 Å². The van der Waals surface area contributed by atoms with E-state index in [1.54, 1.807) is 4.68 Å². The Labute approximate surface area is 130 Å². The summed E-state index contributed by atoms with van der Waals surface area (Å²) in [4.78, 5) is 16.5. The summed E-state index contributed by atoms with van der Waals surface area (Å²) in [5.74, 6) is 1.79. The van der Waals surface area contributed by atoms with E-state index in [-0.39, 0.29) is 12.5 Å². The minimum Gasteiger partial charge on any atom is -0.353 e. The first-order valence-corrected chi connectivity index (χ1v) is 7.84. The number of imidazole rings is 1. The first-order valence-electron chi connectivity index (χ1n) is 7.84. The van der Waals surface area contributed by atoms with Crippen LogP contribution in [0.25, 0.3) is 0 Å². The fourth-order valence-corrected chi connectivity index (χ4v) is 2.77. The lowest BCUT2D eigenvalue weighted by atomic mass is 10.4. The predicted octanol–water partition coefficient (Wildman–Crippen LogP) is 1.70. The summed E-state index contributed by atoms with van der Waals surface area (Å²) in [6.07, 6.45) is 4.40. The van der Waals surface area contributed by atoms with E-state index in [0.717, 1.165) is 23.6 Å². The van der Waals surface area contributed by atoms with Crippen molar-refractivity contribution in [3.63, 3.8) is 0 Å². The van der Waals surface area contributed by atoms with Crippen molar-refractivity contribution in [2.75, 3.05) is 6.54 Å². The van der Waals surface area contributed by atoms with Gasteiger partial charge < -0.3 is 9.88 Å². The van der Waals surface area contributed by atoms with Crippen molar-refractivity contribution in [3.05, 3.63) is 35.2 Å². The summed E-state index contributed by atoms with van der Waals surface area (Å²) in [6.45, 7) is 7.64. The lowest BCUT2D eigenvalue weighted by Gasteiger charge is -2.11. The quantitative estimate of drug-likeness (QED) is 0.883. The molecule has 1 aliphatic carbocycles. The molecule has 22 heavy (non-hydrogen) atoms. The minimum atomic E-state index is -0.00283. The number of hydrogen-bond acceptors (Lipinski definition) is 3. The van der Waals surface area contributed by atoms with Gasteiger partial charge in [0.25, 0.3) is 0 Å². The molecule has 0 aliphatic heterocycles. The van der Waals surface area contributed by atoms with E-state index in [1.807, 2.05) is 26.1 Å². The second-order valence-corrected chi connectivity index (χ2v) is 6.12. The third-order valence-corrected chi connectivity index (χ3v) is 4.08. The predicted molar refractivity (Wildman–Crippen MR) is 83.6 cm³/mol. The van der Waals surface area contributed by atoms with Crippen LogP contribution in [-0.2, 0) is 17.9 Å². The number of aromatic nitrogens is 4. The van der Waals surface area contributed by atoms with Gasteiger partial charge in [0.05, 0.1) is 5.69 Å². The number of carbonyl (C=O) groups is 1. The normalized spacial score (nSPS) is 14.3. The van der Waals surface area contributed by atoms with Crippen LogP contribution < -0.4 is 5.32 Å². The molecule has 1 amide bonds. The van der Waals surface area contributed by atoms with E-state index in [4.69, 9.17) is 0 Å². The van der Waals surface area contributed by atoms with Crippen LogP contribution in [0, 0.1) is 20.8 Å². The summed E-state index contributed by atoms with van der Waals surface area (Å²) < 4.78 is 3.96. The van der Waals surface area contributed by atoms with Crippen molar-refractivity contribution in [1.82, 2.24) is 24.6 Å². The van der Waals surface area contributed by atoms with Crippen molar-refractivity contribution >= 4 is 5.91 Å². The van der Waals surface area contributed by atoms with Crippen molar-refractivity contribution in [2.45, 2.75) is 52.6 Å². The Morgan fingerprint density at radius 2 is 2.09 bits per heavy atom. The van der Waals surface area contributed by atoms with Crippen LogP contribution in [0.4, 0.5) is 0 Å². The van der Waals surface area contributed by atoms with E-state index in [9.17, 15) is 4.79 Å². The zero-order valence-corrected chi connectivity index (χ0v) is 13.5. The van der Waals surface area contributed by atoms with Crippen LogP contribution in [0.5, 0.6) is 0 Å². The number of rotatable bonds is 6. The lowest BCUT2D eigenvalue weighted by molar-refractivity contribution is -0.121. The molecule has 2 aromatic rings. The number of amides is 1. The highest BCUT2D eigenvalue weighted by Crippen LogP contribution is 2.39. The molecule has 1 fully saturated rings. The van der Waals surface area contributed by atoms with Gasteiger partial charge in [0.2, 0.25) is 5.91 Å². The lowest BCUT2D eigenvalue weighted by Crippen LogP contribution is -2.31. The fraction of sp³-hybridized carbons (Fsp3) is 0.562. The number of nitrogens with one attached hydrogen (secondary N) is 1. The van der Waals surface area contributed by atoms with Crippen LogP contribution in [0.1, 0.15) is 41.7 Å². The second-order valence-electron chi connectivity index (χ2n) is 6.12. The Bertz CT molecular complexity index is 681. The summed E-state index contributed by atoms with van der Waals surface area (Å²) in [5.41, 5.74) is 3.11. The summed E-state index contributed by atoms with van der Waals surface area (Å²) in [6, 6.07) is 1.98. The largest absolute Gasteiger partial charge is 0.353 e. The highest BCUT2D eigenvalue weighted by molar-refractivity contribution is 5.75. The van der Waals surface area contributed by atoms with Crippen LogP contribution in [-0.4, -0.2) is 31.8 Å². The zero-order chi connectivity index (χ0) is 15.7. The zero-order valence-electron chi connectivity index (χ0n) is 13.5. The molecule has 2 heterocycles. The van der Waals surface area contributed by atoms with Crippen molar-refractivity contribution in [2.24, 2.45) is 0 Å². The summed E-state index contributed by atoms with van der Waals surface area (Å²) >= 11 is 0. The van der Waals surface area contributed by atoms with Gasteiger partial charge in [0, 0.05) is 36.6 Å². The van der Waals surface area contributed by atoms with Gasteiger partial charge in [-0.15, -0.1) is 0 Å². The molecule has 0 unspecified atom stereocenters. The van der Waals surface area contributed by atoms with E-state index >= 15 is 0 Å². The molecular weight excluding hydrogens is 278 g/mol. The molecule has 118 valence electrons. The molecule has 0 saturated heterocycles. The average Bonchev–Trinajstić information content (AvgIpc) is 3.16. The van der Waals surface area contributed by atoms with Gasteiger partial charge in [-0.25, -0.2) is 4.98 Å². The monoisotopic (exact) mass is 301 g/mol. The summed E-state index contributed by atoms with van der Waals surface area (Å²) in [5, 5.41) is 7.28. The Hall–Kier alpha value is -2.11. The number of hydrogen-bond donors (Lipinski definition) is 1. The van der Waals surface area contributed by atoms with Crippen LogP contribution in [0.3, 0.4) is 0 Å². The minimum absolute atomic E-state index is 0.00283. The first kappa shape index (κ1) is 14.8. The molecule has 0 radical (unpaired) electrons. The molecule has 6 heteroatoms. The van der Waals surface area contributed by atoms with Crippen LogP contribution in [0.15, 0.2) is 12.3 Å². The number of carbonyl (C=O) groups excluding carboxylic acids is 1. The maximum absolute atomic E-state index is 12.0. The molecule has 1 aliphatic rings. The fourth-order valence-electron chi connectivity index (χ4n) is 2.77. The third kappa shape index (κ3) is 3.21. The molecule has 6 nitrogen and oxygen atoms in total. The van der Waals surface area contributed by atoms with E-state index in [2.05, 4.69) is 26.9 Å². The molecule has 1 N–H and O–H groups in total. The Morgan fingerprint density at radius 3 is 2.73 bits per heavy atom. The van der Waals surface area contributed by atoms with Gasteiger partial charge in [-0.1, -0.05) is 0 Å². The molecular formula is C16H23N5O. The Morgan fingerprint density at radius 1 is 1.32 bits per heavy atom. The number of aryl methyl sites for hydroxylation is 3. The SMILES string of the molecule is Cc1cc(C)n(CC(=O)NCCn2c(C)cnc2C2CC2)n1. The Kier molecular flexibility index (Phi) is 4.00. The topological polar surface area (TPSA) is 64.7 Å². The number of nitrogens with zero attached hydrogens (tertiary/aromatic N) is 4. The molecule has 1 saturated carbocycles. The molecule has 0 spiro atoms. The van der Waals surface area contributed by atoms with E-state index in [1.165, 1.54) is 18.7 Å². The van der Waals surface area contributed by atoms with Gasteiger partial charge in [-0.05, 0) is 39.7 Å². The highest BCUT2D eigenvalue weighted by Gasteiger charge is 2.28. The molecule has 3 rings (SSSR count). The third-order valence-electron chi connectivity index (χ3n) is 4.08. The van der Waals surface area contributed by atoms with Gasteiger partial charge >= 0.3 is 0 Å². The van der Waals surface area contributed by atoms with Gasteiger partial charge in [0.15, 0.2) is 0 Å². The summed E-state index contributed by atoms with van der Waals surface area (Å²) in [7, 11) is 0. The smallest absolute Gasteiger partial charge is 0.241 e. The van der Waals surface area contributed by atoms with Crippen molar-refractivity contribution < 1.29 is 4.79 Å². The Balaban J connectivity index is 1.51. The maximum Gasteiger partial charge on any atom is 0.241 e. The molecule has 2 aromatic heterocycles. The van der Waals surface area contributed by atoms with Crippen molar-refractivity contribution in [1.29, 1.82) is 0 Å². The second kappa shape index (κ2) is 5.94. The van der Waals surface area contributed by atoms with E-state index in [0.29, 0.717) is 12.5 Å². The molecule has 0 atom stereocenters. The average molecular weight is 301 g/mol. The maximum atomic E-state index is 12.0. The standard InChI is InChI=1S/C16H23N5O/c1-11-8-12(2)21(19-11)10-15(22)17-6-7-20-13(3)9-18-16(20)14-4-5-14/h8-9,14H,4-7,10H2,1-3H3,(H,17,22). The van der Waals surface area contributed by atoms with Gasteiger partial charge in [-0.3, -0.25) is 9.48 Å². The molecule has 0 aromatic carbocycles. The van der Waals surface area contributed by atoms with Gasteiger partial charge in [0.1, 0.15) is 12.4 Å².